The lowest BCUT2D eigenvalue weighted by Crippen LogP contribution is -2.20. The van der Waals surface area contributed by atoms with Crippen LogP contribution in [0.2, 0.25) is 0 Å². The molecule has 0 aromatic heterocycles. The molecule has 2 N–H and O–H groups in total. The van der Waals surface area contributed by atoms with Gasteiger partial charge in [0.2, 0.25) is 0 Å². The number of nitrogens with zero attached hydrogens (tertiary/aromatic N) is 1. The summed E-state index contributed by atoms with van der Waals surface area (Å²) < 4.78 is 0. The molecule has 0 bridgehead atoms. The van der Waals surface area contributed by atoms with Crippen molar-refractivity contribution in [3.8, 4) is 0 Å². The van der Waals surface area contributed by atoms with E-state index in [-0.39, 0.29) is 0 Å². The van der Waals surface area contributed by atoms with E-state index in [1.165, 1.54) is 36.1 Å². The third-order valence-electron chi connectivity index (χ3n) is 3.16. The minimum absolute atomic E-state index is 0.721. The van der Waals surface area contributed by atoms with E-state index in [0.717, 1.165) is 19.5 Å². The standard InChI is InChI=1S/C15H26N2/c1-4-5-6-11-17(3)15-8-7-13(2)12-14(15)9-10-16/h7-8,12H,4-6,9-11,16H2,1-3H3. The minimum Gasteiger partial charge on any atom is -0.374 e. The number of hydrogen-bond acceptors (Lipinski definition) is 2. The summed E-state index contributed by atoms with van der Waals surface area (Å²) in [5.74, 6) is 0. The summed E-state index contributed by atoms with van der Waals surface area (Å²) in [6.45, 7) is 6.24. The molecule has 0 spiro atoms. The molecule has 0 aliphatic rings. The van der Waals surface area contributed by atoms with Gasteiger partial charge >= 0.3 is 0 Å². The maximum Gasteiger partial charge on any atom is 0.0396 e. The topological polar surface area (TPSA) is 29.3 Å². The molecule has 2 nitrogen and oxygen atoms in total. The molecule has 0 saturated carbocycles. The van der Waals surface area contributed by atoms with Gasteiger partial charge in [0.25, 0.3) is 0 Å². The molecule has 0 atom stereocenters. The highest BCUT2D eigenvalue weighted by molar-refractivity contribution is 5.54. The van der Waals surface area contributed by atoms with Crippen molar-refractivity contribution in [3.63, 3.8) is 0 Å². The number of benzene rings is 1. The first-order chi connectivity index (χ1) is 8.19. The third kappa shape index (κ3) is 4.39. The van der Waals surface area contributed by atoms with Crippen molar-refractivity contribution in [2.45, 2.75) is 39.5 Å². The van der Waals surface area contributed by atoms with Gasteiger partial charge < -0.3 is 10.6 Å². The van der Waals surface area contributed by atoms with Gasteiger partial charge in [-0.2, -0.15) is 0 Å². The fraction of sp³-hybridized carbons (Fsp3) is 0.600. The Kier molecular flexibility index (Phi) is 6.06. The second-order valence-electron chi connectivity index (χ2n) is 4.80. The average Bonchev–Trinajstić information content (AvgIpc) is 2.30. The van der Waals surface area contributed by atoms with Crippen LogP contribution in [0.4, 0.5) is 5.69 Å². The van der Waals surface area contributed by atoms with E-state index in [1.54, 1.807) is 0 Å². The largest absolute Gasteiger partial charge is 0.374 e. The molecule has 1 aromatic rings. The van der Waals surface area contributed by atoms with Crippen molar-refractivity contribution < 1.29 is 0 Å². The zero-order valence-electron chi connectivity index (χ0n) is 11.5. The molecule has 0 aliphatic carbocycles. The fourth-order valence-electron chi connectivity index (χ4n) is 2.16. The van der Waals surface area contributed by atoms with E-state index in [1.807, 2.05) is 0 Å². The predicted octanol–water partition coefficient (Wildman–Crippen LogP) is 3.12. The zero-order chi connectivity index (χ0) is 12.7. The Bertz CT molecular complexity index is 334. The van der Waals surface area contributed by atoms with Gasteiger partial charge in [0.15, 0.2) is 0 Å². The summed E-state index contributed by atoms with van der Waals surface area (Å²) in [6, 6.07) is 6.68. The van der Waals surface area contributed by atoms with Crippen LogP contribution in [0, 0.1) is 6.92 Å². The van der Waals surface area contributed by atoms with Crippen LogP contribution in [-0.2, 0) is 6.42 Å². The monoisotopic (exact) mass is 234 g/mol. The quantitative estimate of drug-likeness (QED) is 0.734. The van der Waals surface area contributed by atoms with Gasteiger partial charge in [-0.25, -0.2) is 0 Å². The van der Waals surface area contributed by atoms with Crippen LogP contribution < -0.4 is 10.6 Å². The van der Waals surface area contributed by atoms with E-state index >= 15 is 0 Å². The van der Waals surface area contributed by atoms with Crippen molar-refractivity contribution in [3.05, 3.63) is 29.3 Å². The summed E-state index contributed by atoms with van der Waals surface area (Å²) in [7, 11) is 2.18. The van der Waals surface area contributed by atoms with Crippen LogP contribution in [0.15, 0.2) is 18.2 Å². The van der Waals surface area contributed by atoms with Gasteiger partial charge in [0.05, 0.1) is 0 Å². The number of unbranched alkanes of at least 4 members (excludes halogenated alkanes) is 2. The number of anilines is 1. The highest BCUT2D eigenvalue weighted by Gasteiger charge is 2.06. The zero-order valence-corrected chi connectivity index (χ0v) is 11.5. The molecule has 0 fully saturated rings. The van der Waals surface area contributed by atoms with Crippen LogP contribution >= 0.6 is 0 Å². The number of hydrogen-bond donors (Lipinski definition) is 1. The van der Waals surface area contributed by atoms with Crippen LogP contribution in [0.25, 0.3) is 0 Å². The Balaban J connectivity index is 2.73. The van der Waals surface area contributed by atoms with Crippen molar-refractivity contribution in [2.75, 3.05) is 25.0 Å². The van der Waals surface area contributed by atoms with Crippen molar-refractivity contribution in [1.29, 1.82) is 0 Å². The lowest BCUT2D eigenvalue weighted by molar-refractivity contribution is 0.703. The van der Waals surface area contributed by atoms with Crippen LogP contribution in [0.5, 0.6) is 0 Å². The molecule has 0 saturated heterocycles. The lowest BCUT2D eigenvalue weighted by atomic mass is 10.1. The molecule has 1 rings (SSSR count). The summed E-state index contributed by atoms with van der Waals surface area (Å²) in [4.78, 5) is 2.36. The summed E-state index contributed by atoms with van der Waals surface area (Å²) in [5.41, 5.74) is 9.73. The summed E-state index contributed by atoms with van der Waals surface area (Å²) in [6.07, 6.45) is 4.82. The van der Waals surface area contributed by atoms with Gasteiger partial charge in [-0.1, -0.05) is 37.5 Å². The molecular weight excluding hydrogens is 208 g/mol. The molecular formula is C15H26N2. The normalized spacial score (nSPS) is 10.6. The highest BCUT2D eigenvalue weighted by Crippen LogP contribution is 2.21. The maximum atomic E-state index is 5.68. The number of aryl methyl sites for hydroxylation is 1. The smallest absolute Gasteiger partial charge is 0.0396 e. The average molecular weight is 234 g/mol. The van der Waals surface area contributed by atoms with Crippen LogP contribution in [-0.4, -0.2) is 20.1 Å². The Morgan fingerprint density at radius 2 is 2.00 bits per heavy atom. The fourth-order valence-corrected chi connectivity index (χ4v) is 2.16. The minimum atomic E-state index is 0.721. The van der Waals surface area contributed by atoms with Gasteiger partial charge in [-0.05, 0) is 37.9 Å². The molecule has 0 radical (unpaired) electrons. The first kappa shape index (κ1) is 14.0. The van der Waals surface area contributed by atoms with E-state index in [2.05, 4.69) is 44.0 Å². The summed E-state index contributed by atoms with van der Waals surface area (Å²) >= 11 is 0. The number of nitrogens with two attached hydrogens (primary N) is 1. The van der Waals surface area contributed by atoms with Gasteiger partial charge in [0, 0.05) is 19.3 Å². The SMILES string of the molecule is CCCCCN(C)c1ccc(C)cc1CCN. The Hall–Kier alpha value is -1.02. The predicted molar refractivity (Wildman–Crippen MR) is 76.7 cm³/mol. The lowest BCUT2D eigenvalue weighted by Gasteiger charge is -2.23. The van der Waals surface area contributed by atoms with Crippen LogP contribution in [0.3, 0.4) is 0 Å². The van der Waals surface area contributed by atoms with E-state index in [9.17, 15) is 0 Å². The Morgan fingerprint density at radius 3 is 2.65 bits per heavy atom. The Morgan fingerprint density at radius 1 is 1.24 bits per heavy atom. The molecule has 96 valence electrons. The second-order valence-corrected chi connectivity index (χ2v) is 4.80. The molecule has 0 unspecified atom stereocenters. The first-order valence-electron chi connectivity index (χ1n) is 6.69. The van der Waals surface area contributed by atoms with Crippen molar-refractivity contribution >= 4 is 5.69 Å². The molecule has 0 aliphatic heterocycles. The third-order valence-corrected chi connectivity index (χ3v) is 3.16. The maximum absolute atomic E-state index is 5.68. The molecule has 0 heterocycles. The molecule has 2 heteroatoms. The molecule has 1 aromatic carbocycles. The Labute approximate surface area is 106 Å². The van der Waals surface area contributed by atoms with Gasteiger partial charge in [0.1, 0.15) is 0 Å². The van der Waals surface area contributed by atoms with E-state index in [4.69, 9.17) is 5.73 Å². The molecule has 0 amide bonds. The van der Waals surface area contributed by atoms with Crippen molar-refractivity contribution in [1.82, 2.24) is 0 Å². The van der Waals surface area contributed by atoms with E-state index < -0.39 is 0 Å². The highest BCUT2D eigenvalue weighted by atomic mass is 15.1. The molecule has 17 heavy (non-hydrogen) atoms. The van der Waals surface area contributed by atoms with Gasteiger partial charge in [-0.15, -0.1) is 0 Å². The second kappa shape index (κ2) is 7.33. The van der Waals surface area contributed by atoms with Gasteiger partial charge in [-0.3, -0.25) is 0 Å². The van der Waals surface area contributed by atoms with Crippen molar-refractivity contribution in [2.24, 2.45) is 5.73 Å². The van der Waals surface area contributed by atoms with Crippen LogP contribution in [0.1, 0.15) is 37.3 Å². The number of rotatable bonds is 7. The van der Waals surface area contributed by atoms with E-state index in [0.29, 0.717) is 0 Å². The summed E-state index contributed by atoms with van der Waals surface area (Å²) in [5, 5.41) is 0. The first-order valence-corrected chi connectivity index (χ1v) is 6.69.